The van der Waals surface area contributed by atoms with Crippen LogP contribution in [0.25, 0.3) is 0 Å². The van der Waals surface area contributed by atoms with Gasteiger partial charge in [-0.25, -0.2) is 0 Å². The molecule has 2 nitrogen and oxygen atoms in total. The lowest BCUT2D eigenvalue weighted by Crippen LogP contribution is -2.28. The van der Waals surface area contributed by atoms with Crippen LogP contribution in [0.4, 0.5) is 5.69 Å². The molecular formula is C14H22N2. The Hall–Kier alpha value is -1.05. The van der Waals surface area contributed by atoms with Crippen LogP contribution >= 0.6 is 0 Å². The number of hydrogen-bond acceptors (Lipinski definition) is 2. The van der Waals surface area contributed by atoms with Crippen LogP contribution in [0, 0.1) is 12.8 Å². The molecule has 1 heterocycles. The topological polar surface area (TPSA) is 24.9 Å². The Morgan fingerprint density at radius 2 is 2.06 bits per heavy atom. The quantitative estimate of drug-likeness (QED) is 0.835. The minimum Gasteiger partial charge on any atom is -0.381 e. The summed E-state index contributed by atoms with van der Waals surface area (Å²) in [6, 6.07) is 4.70. The third kappa shape index (κ3) is 2.75. The van der Waals surface area contributed by atoms with Gasteiger partial charge in [0, 0.05) is 12.2 Å². The zero-order chi connectivity index (χ0) is 11.4. The number of nitrogens with zero attached hydrogens (tertiary/aromatic N) is 1. The summed E-state index contributed by atoms with van der Waals surface area (Å²) in [6.45, 7) is 4.37. The van der Waals surface area contributed by atoms with Gasteiger partial charge in [-0.2, -0.15) is 0 Å². The molecular weight excluding hydrogens is 196 g/mol. The Labute approximate surface area is 98.5 Å². The molecule has 0 radical (unpaired) electrons. The van der Waals surface area contributed by atoms with Crippen molar-refractivity contribution in [1.82, 2.24) is 4.98 Å². The van der Waals surface area contributed by atoms with Gasteiger partial charge in [-0.3, -0.25) is 4.98 Å². The van der Waals surface area contributed by atoms with Gasteiger partial charge in [-0.1, -0.05) is 19.3 Å². The second-order valence-electron chi connectivity index (χ2n) is 4.97. The highest BCUT2D eigenvalue weighted by Crippen LogP contribution is 2.28. The minimum atomic E-state index is 0.572. The van der Waals surface area contributed by atoms with E-state index in [0.717, 1.165) is 11.6 Å². The van der Waals surface area contributed by atoms with Gasteiger partial charge < -0.3 is 5.32 Å². The van der Waals surface area contributed by atoms with E-state index in [2.05, 4.69) is 30.2 Å². The third-order valence-corrected chi connectivity index (χ3v) is 3.75. The molecule has 1 aliphatic rings. The van der Waals surface area contributed by atoms with Gasteiger partial charge >= 0.3 is 0 Å². The van der Waals surface area contributed by atoms with Gasteiger partial charge in [0.1, 0.15) is 0 Å². The summed E-state index contributed by atoms with van der Waals surface area (Å²) in [5.74, 6) is 0.841. The van der Waals surface area contributed by atoms with Crippen LogP contribution in [0.5, 0.6) is 0 Å². The normalized spacial score (nSPS) is 19.4. The summed E-state index contributed by atoms with van der Waals surface area (Å²) >= 11 is 0. The van der Waals surface area contributed by atoms with E-state index in [1.807, 2.05) is 12.3 Å². The van der Waals surface area contributed by atoms with E-state index in [4.69, 9.17) is 0 Å². The second kappa shape index (κ2) is 5.33. The summed E-state index contributed by atoms with van der Waals surface area (Å²) in [4.78, 5) is 4.31. The van der Waals surface area contributed by atoms with Crippen molar-refractivity contribution < 1.29 is 0 Å². The Morgan fingerprint density at radius 3 is 2.75 bits per heavy atom. The maximum Gasteiger partial charge on any atom is 0.0603 e. The summed E-state index contributed by atoms with van der Waals surface area (Å²) in [5.41, 5.74) is 2.30. The first-order valence-electron chi connectivity index (χ1n) is 6.45. The molecule has 1 saturated carbocycles. The molecule has 2 heteroatoms. The van der Waals surface area contributed by atoms with Crippen molar-refractivity contribution in [3.63, 3.8) is 0 Å². The molecule has 1 atom stereocenters. The van der Waals surface area contributed by atoms with Gasteiger partial charge in [-0.05, 0) is 44.7 Å². The fourth-order valence-corrected chi connectivity index (χ4v) is 2.63. The Bertz CT molecular complexity index is 329. The molecule has 0 amide bonds. The molecule has 0 spiro atoms. The smallest absolute Gasteiger partial charge is 0.0603 e. The van der Waals surface area contributed by atoms with E-state index in [0.29, 0.717) is 6.04 Å². The molecule has 0 aromatic carbocycles. The monoisotopic (exact) mass is 218 g/mol. The van der Waals surface area contributed by atoms with Crippen LogP contribution in [0.15, 0.2) is 18.3 Å². The first kappa shape index (κ1) is 11.4. The first-order valence-corrected chi connectivity index (χ1v) is 6.45. The van der Waals surface area contributed by atoms with Gasteiger partial charge in [0.2, 0.25) is 0 Å². The van der Waals surface area contributed by atoms with Crippen molar-refractivity contribution in [2.75, 3.05) is 5.32 Å². The lowest BCUT2D eigenvalue weighted by molar-refractivity contribution is 0.328. The molecule has 2 rings (SSSR count). The molecule has 1 aromatic heterocycles. The molecule has 16 heavy (non-hydrogen) atoms. The molecule has 1 N–H and O–H groups in total. The maximum atomic E-state index is 4.31. The van der Waals surface area contributed by atoms with E-state index in [9.17, 15) is 0 Å². The largest absolute Gasteiger partial charge is 0.381 e. The fraction of sp³-hybridized carbons (Fsp3) is 0.643. The van der Waals surface area contributed by atoms with Crippen molar-refractivity contribution in [3.8, 4) is 0 Å². The van der Waals surface area contributed by atoms with E-state index in [1.165, 1.54) is 37.8 Å². The maximum absolute atomic E-state index is 4.31. The van der Waals surface area contributed by atoms with Gasteiger partial charge in [-0.15, -0.1) is 0 Å². The molecule has 0 bridgehead atoms. The SMILES string of the molecule is Cc1ncccc1NC(C)C1CCCCC1. The van der Waals surface area contributed by atoms with Crippen LogP contribution in [-0.4, -0.2) is 11.0 Å². The Kier molecular flexibility index (Phi) is 3.81. The predicted octanol–water partition coefficient (Wildman–Crippen LogP) is 3.77. The third-order valence-electron chi connectivity index (χ3n) is 3.75. The average Bonchev–Trinajstić information content (AvgIpc) is 2.33. The van der Waals surface area contributed by atoms with E-state index < -0.39 is 0 Å². The second-order valence-corrected chi connectivity index (χ2v) is 4.97. The highest BCUT2D eigenvalue weighted by molar-refractivity contribution is 5.47. The number of hydrogen-bond donors (Lipinski definition) is 1. The Balaban J connectivity index is 1.96. The molecule has 1 unspecified atom stereocenters. The van der Waals surface area contributed by atoms with Crippen LogP contribution in [0.3, 0.4) is 0 Å². The molecule has 88 valence electrons. The van der Waals surface area contributed by atoms with Crippen LogP contribution in [0.1, 0.15) is 44.7 Å². The number of aryl methyl sites for hydroxylation is 1. The first-order chi connectivity index (χ1) is 7.77. The van der Waals surface area contributed by atoms with Crippen molar-refractivity contribution >= 4 is 5.69 Å². The van der Waals surface area contributed by atoms with Crippen LogP contribution < -0.4 is 5.32 Å². The highest BCUT2D eigenvalue weighted by Gasteiger charge is 2.20. The lowest BCUT2D eigenvalue weighted by Gasteiger charge is -2.29. The average molecular weight is 218 g/mol. The number of rotatable bonds is 3. The zero-order valence-corrected chi connectivity index (χ0v) is 10.4. The van der Waals surface area contributed by atoms with Crippen molar-refractivity contribution in [2.24, 2.45) is 5.92 Å². The zero-order valence-electron chi connectivity index (χ0n) is 10.4. The minimum absolute atomic E-state index is 0.572. The standard InChI is InChI=1S/C14H22N2/c1-11(13-7-4-3-5-8-13)16-14-9-6-10-15-12(14)2/h6,9-11,13,16H,3-5,7-8H2,1-2H3. The number of pyridine rings is 1. The van der Waals surface area contributed by atoms with Crippen LogP contribution in [-0.2, 0) is 0 Å². The molecule has 0 aliphatic heterocycles. The number of anilines is 1. The van der Waals surface area contributed by atoms with Crippen molar-refractivity contribution in [2.45, 2.75) is 52.0 Å². The fourth-order valence-electron chi connectivity index (χ4n) is 2.63. The highest BCUT2D eigenvalue weighted by atomic mass is 14.9. The van der Waals surface area contributed by atoms with Gasteiger partial charge in [0.05, 0.1) is 11.4 Å². The summed E-state index contributed by atoms with van der Waals surface area (Å²) in [7, 11) is 0. The van der Waals surface area contributed by atoms with E-state index >= 15 is 0 Å². The lowest BCUT2D eigenvalue weighted by atomic mass is 9.84. The molecule has 1 fully saturated rings. The summed E-state index contributed by atoms with van der Waals surface area (Å²) in [6.07, 6.45) is 8.85. The number of nitrogens with one attached hydrogen (secondary N) is 1. The van der Waals surface area contributed by atoms with Crippen molar-refractivity contribution in [1.29, 1.82) is 0 Å². The molecule has 1 aromatic rings. The Morgan fingerprint density at radius 1 is 1.31 bits per heavy atom. The summed E-state index contributed by atoms with van der Waals surface area (Å²) < 4.78 is 0. The van der Waals surface area contributed by atoms with E-state index in [-0.39, 0.29) is 0 Å². The van der Waals surface area contributed by atoms with Gasteiger partial charge in [0.15, 0.2) is 0 Å². The van der Waals surface area contributed by atoms with E-state index in [1.54, 1.807) is 0 Å². The van der Waals surface area contributed by atoms with Gasteiger partial charge in [0.25, 0.3) is 0 Å². The van der Waals surface area contributed by atoms with Crippen molar-refractivity contribution in [3.05, 3.63) is 24.0 Å². The predicted molar refractivity (Wildman–Crippen MR) is 68.6 cm³/mol. The molecule has 1 aliphatic carbocycles. The molecule has 0 saturated heterocycles. The van der Waals surface area contributed by atoms with Crippen LogP contribution in [0.2, 0.25) is 0 Å². The number of aromatic nitrogens is 1. The summed E-state index contributed by atoms with van der Waals surface area (Å²) in [5, 5.41) is 3.62.